The molecule has 2 aromatic heterocycles. The first-order valence-corrected chi connectivity index (χ1v) is 8.61. The lowest BCUT2D eigenvalue weighted by atomic mass is 10.1. The Morgan fingerprint density at radius 2 is 2.21 bits per heavy atom. The maximum absolute atomic E-state index is 12.5. The van der Waals surface area contributed by atoms with E-state index in [9.17, 15) is 8.42 Å². The molecule has 0 saturated heterocycles. The zero-order valence-corrected chi connectivity index (χ0v) is 13.4. The highest BCUT2D eigenvalue weighted by Crippen LogP contribution is 2.27. The van der Waals surface area contributed by atoms with Crippen LogP contribution in [0.15, 0.2) is 16.6 Å². The topological polar surface area (TPSA) is 54.7 Å². The average Bonchev–Trinajstić information content (AvgIpc) is 2.84. The second kappa shape index (κ2) is 5.40. The SMILES string of the molecule is CC(C)CCN(C)S(=O)(=O)c1c(Cl)nc2sccn12. The number of nitrogens with zero attached hydrogens (tertiary/aromatic N) is 3. The zero-order chi connectivity index (χ0) is 14.2. The summed E-state index contributed by atoms with van der Waals surface area (Å²) < 4.78 is 27.9. The first-order valence-electron chi connectivity index (χ1n) is 5.91. The van der Waals surface area contributed by atoms with Crippen molar-refractivity contribution in [2.24, 2.45) is 5.92 Å². The normalized spacial score (nSPS) is 12.9. The fraction of sp³-hybridized carbons (Fsp3) is 0.545. The molecule has 5 nitrogen and oxygen atoms in total. The van der Waals surface area contributed by atoms with E-state index in [-0.39, 0.29) is 10.2 Å². The van der Waals surface area contributed by atoms with Crippen LogP contribution in [0.1, 0.15) is 20.3 Å². The van der Waals surface area contributed by atoms with E-state index in [0.29, 0.717) is 17.4 Å². The summed E-state index contributed by atoms with van der Waals surface area (Å²) in [4.78, 5) is 4.64. The minimum atomic E-state index is -3.61. The van der Waals surface area contributed by atoms with Crippen LogP contribution in [0.3, 0.4) is 0 Å². The molecule has 0 amide bonds. The van der Waals surface area contributed by atoms with Crippen LogP contribution in [-0.2, 0) is 10.0 Å². The van der Waals surface area contributed by atoms with Gasteiger partial charge in [-0.2, -0.15) is 4.31 Å². The molecule has 2 aromatic rings. The van der Waals surface area contributed by atoms with E-state index in [1.165, 1.54) is 20.0 Å². The summed E-state index contributed by atoms with van der Waals surface area (Å²) in [5, 5.41) is 1.87. The summed E-state index contributed by atoms with van der Waals surface area (Å²) in [5.74, 6) is 0.444. The Labute approximate surface area is 121 Å². The van der Waals surface area contributed by atoms with Gasteiger partial charge in [-0.15, -0.1) is 11.3 Å². The molecule has 19 heavy (non-hydrogen) atoms. The summed E-state index contributed by atoms with van der Waals surface area (Å²) in [6.07, 6.45) is 2.47. The van der Waals surface area contributed by atoms with Gasteiger partial charge < -0.3 is 0 Å². The summed E-state index contributed by atoms with van der Waals surface area (Å²) in [5.41, 5.74) is 0. The van der Waals surface area contributed by atoms with E-state index < -0.39 is 10.0 Å². The van der Waals surface area contributed by atoms with Crippen LogP contribution in [0, 0.1) is 5.92 Å². The van der Waals surface area contributed by atoms with E-state index in [0.717, 1.165) is 6.42 Å². The van der Waals surface area contributed by atoms with Crippen molar-refractivity contribution in [1.82, 2.24) is 13.7 Å². The molecule has 8 heteroatoms. The van der Waals surface area contributed by atoms with Gasteiger partial charge in [0.25, 0.3) is 10.0 Å². The summed E-state index contributed by atoms with van der Waals surface area (Å²) in [6, 6.07) is 0. The number of fused-ring (bicyclic) bond motifs is 1. The minimum Gasteiger partial charge on any atom is -0.279 e. The number of imidazole rings is 1. The van der Waals surface area contributed by atoms with Gasteiger partial charge in [0.15, 0.2) is 15.1 Å². The van der Waals surface area contributed by atoms with Gasteiger partial charge in [-0.05, 0) is 12.3 Å². The van der Waals surface area contributed by atoms with E-state index in [2.05, 4.69) is 18.8 Å². The standard InChI is InChI=1S/C11H16ClN3O2S2/c1-8(2)4-5-14(3)19(16,17)10-9(12)13-11-15(10)6-7-18-11/h6-8H,4-5H2,1-3H3. The molecule has 2 rings (SSSR count). The van der Waals surface area contributed by atoms with Gasteiger partial charge in [-0.3, -0.25) is 4.40 Å². The van der Waals surface area contributed by atoms with Crippen LogP contribution in [0.25, 0.3) is 4.96 Å². The lowest BCUT2D eigenvalue weighted by Crippen LogP contribution is -2.29. The predicted octanol–water partition coefficient (Wildman–Crippen LogP) is 2.72. The third kappa shape index (κ3) is 2.79. The molecule has 0 unspecified atom stereocenters. The lowest BCUT2D eigenvalue weighted by Gasteiger charge is -2.17. The number of hydrogen-bond donors (Lipinski definition) is 0. The third-order valence-electron chi connectivity index (χ3n) is 2.85. The summed E-state index contributed by atoms with van der Waals surface area (Å²) >= 11 is 7.32. The fourth-order valence-corrected chi connectivity index (χ4v) is 4.26. The molecule has 0 atom stereocenters. The van der Waals surface area contributed by atoms with Gasteiger partial charge in [-0.1, -0.05) is 25.4 Å². The van der Waals surface area contributed by atoms with Crippen LogP contribution in [-0.4, -0.2) is 35.7 Å². The van der Waals surface area contributed by atoms with Gasteiger partial charge in [-0.25, -0.2) is 13.4 Å². The first-order chi connectivity index (χ1) is 8.84. The third-order valence-corrected chi connectivity index (χ3v) is 5.87. The van der Waals surface area contributed by atoms with Gasteiger partial charge in [0, 0.05) is 25.2 Å². The maximum Gasteiger partial charge on any atom is 0.262 e. The molecule has 2 heterocycles. The summed E-state index contributed by atoms with van der Waals surface area (Å²) in [6.45, 7) is 4.58. The Kier molecular flexibility index (Phi) is 4.20. The highest BCUT2D eigenvalue weighted by molar-refractivity contribution is 7.89. The quantitative estimate of drug-likeness (QED) is 0.850. The summed E-state index contributed by atoms with van der Waals surface area (Å²) in [7, 11) is -2.04. The molecule has 0 aliphatic heterocycles. The molecule has 0 aromatic carbocycles. The maximum atomic E-state index is 12.5. The van der Waals surface area contributed by atoms with Crippen LogP contribution < -0.4 is 0 Å². The van der Waals surface area contributed by atoms with Gasteiger partial charge in [0.1, 0.15) is 0 Å². The molecule has 0 saturated carbocycles. The lowest BCUT2D eigenvalue weighted by molar-refractivity contribution is 0.426. The monoisotopic (exact) mass is 321 g/mol. The Morgan fingerprint density at radius 3 is 2.84 bits per heavy atom. The second-order valence-corrected chi connectivity index (χ2v) is 7.96. The smallest absolute Gasteiger partial charge is 0.262 e. The number of aromatic nitrogens is 2. The largest absolute Gasteiger partial charge is 0.279 e. The molecular weight excluding hydrogens is 306 g/mol. The van der Waals surface area contributed by atoms with E-state index >= 15 is 0 Å². The Bertz CT molecular complexity index is 675. The number of halogens is 1. The molecule has 106 valence electrons. The van der Waals surface area contributed by atoms with Crippen molar-refractivity contribution in [3.8, 4) is 0 Å². The van der Waals surface area contributed by atoms with Gasteiger partial charge in [0.05, 0.1) is 0 Å². The van der Waals surface area contributed by atoms with Crippen molar-refractivity contribution in [2.75, 3.05) is 13.6 Å². The van der Waals surface area contributed by atoms with Crippen LogP contribution in [0.4, 0.5) is 0 Å². The first kappa shape index (κ1) is 14.8. The average molecular weight is 322 g/mol. The van der Waals surface area contributed by atoms with Crippen LogP contribution >= 0.6 is 22.9 Å². The number of thiazole rings is 1. The Morgan fingerprint density at radius 1 is 1.53 bits per heavy atom. The zero-order valence-electron chi connectivity index (χ0n) is 11.0. The molecule has 0 bridgehead atoms. The highest BCUT2D eigenvalue weighted by atomic mass is 35.5. The van der Waals surface area contributed by atoms with E-state index in [1.807, 2.05) is 0 Å². The van der Waals surface area contributed by atoms with Gasteiger partial charge >= 0.3 is 0 Å². The van der Waals surface area contributed by atoms with Crippen molar-refractivity contribution in [3.63, 3.8) is 0 Å². The molecule has 0 aliphatic rings. The second-order valence-electron chi connectivity index (χ2n) is 4.77. The van der Waals surface area contributed by atoms with Crippen molar-refractivity contribution in [1.29, 1.82) is 0 Å². The predicted molar refractivity (Wildman–Crippen MR) is 77.3 cm³/mol. The van der Waals surface area contributed by atoms with E-state index in [4.69, 9.17) is 11.6 Å². The molecule has 0 aliphatic carbocycles. The van der Waals surface area contributed by atoms with Crippen molar-refractivity contribution < 1.29 is 8.42 Å². The van der Waals surface area contributed by atoms with Crippen molar-refractivity contribution in [3.05, 3.63) is 16.7 Å². The van der Waals surface area contributed by atoms with Gasteiger partial charge in [0.2, 0.25) is 0 Å². The minimum absolute atomic E-state index is 0.0308. The fourth-order valence-electron chi connectivity index (χ4n) is 1.68. The van der Waals surface area contributed by atoms with Crippen LogP contribution in [0.5, 0.6) is 0 Å². The van der Waals surface area contributed by atoms with Crippen molar-refractivity contribution >= 4 is 37.9 Å². The Hall–Kier alpha value is -0.630. The van der Waals surface area contributed by atoms with Crippen LogP contribution in [0.2, 0.25) is 5.15 Å². The number of sulfonamides is 1. The molecule has 0 spiro atoms. The molecular formula is C11H16ClN3O2S2. The highest BCUT2D eigenvalue weighted by Gasteiger charge is 2.29. The number of rotatable bonds is 5. The molecule has 0 radical (unpaired) electrons. The Balaban J connectivity index is 2.38. The van der Waals surface area contributed by atoms with Crippen molar-refractivity contribution in [2.45, 2.75) is 25.3 Å². The molecule has 0 N–H and O–H groups in total. The number of hydrogen-bond acceptors (Lipinski definition) is 4. The van der Waals surface area contributed by atoms with E-state index in [1.54, 1.807) is 18.6 Å². The molecule has 0 fully saturated rings.